The minimum atomic E-state index is -0.246. The van der Waals surface area contributed by atoms with Crippen LogP contribution < -0.4 is 4.90 Å². The molecule has 2 amide bonds. The van der Waals surface area contributed by atoms with Crippen molar-refractivity contribution in [1.29, 1.82) is 0 Å². The minimum absolute atomic E-state index is 0.0658. The molecule has 0 aromatic heterocycles. The summed E-state index contributed by atoms with van der Waals surface area (Å²) in [6.45, 7) is 4.15. The highest BCUT2D eigenvalue weighted by Crippen LogP contribution is 2.36. The number of anilines is 1. The van der Waals surface area contributed by atoms with Gasteiger partial charge in [-0.15, -0.1) is 0 Å². The molecule has 1 unspecified atom stereocenters. The molecule has 1 aliphatic heterocycles. The van der Waals surface area contributed by atoms with Gasteiger partial charge < -0.3 is 0 Å². The normalized spacial score (nSPS) is 19.6. The fourth-order valence-corrected chi connectivity index (χ4v) is 3.51. The second-order valence-corrected chi connectivity index (χ2v) is 6.28. The van der Waals surface area contributed by atoms with Crippen LogP contribution >= 0.6 is 0 Å². The molecule has 0 saturated carbocycles. The first-order valence-corrected chi connectivity index (χ1v) is 8.68. The molecular formula is C21H23NO2. The number of carbonyl (C=O) groups excluding carboxylic acids is 2. The fraction of sp³-hybridized carbons (Fsp3) is 0.333. The van der Waals surface area contributed by atoms with Gasteiger partial charge >= 0.3 is 0 Å². The molecular weight excluding hydrogens is 298 g/mol. The number of carbonyl (C=O) groups is 2. The summed E-state index contributed by atoms with van der Waals surface area (Å²) < 4.78 is 0. The number of hydrogen-bond donors (Lipinski definition) is 0. The van der Waals surface area contributed by atoms with Crippen LogP contribution in [0.15, 0.2) is 54.6 Å². The fourth-order valence-electron chi connectivity index (χ4n) is 3.51. The first kappa shape index (κ1) is 16.4. The zero-order valence-corrected chi connectivity index (χ0v) is 14.2. The van der Waals surface area contributed by atoms with E-state index in [-0.39, 0.29) is 23.7 Å². The number of benzene rings is 2. The van der Waals surface area contributed by atoms with E-state index in [0.29, 0.717) is 12.1 Å². The van der Waals surface area contributed by atoms with Crippen molar-refractivity contribution in [1.82, 2.24) is 0 Å². The lowest BCUT2D eigenvalue weighted by Gasteiger charge is -2.20. The Labute approximate surface area is 143 Å². The molecule has 0 spiro atoms. The average molecular weight is 321 g/mol. The van der Waals surface area contributed by atoms with E-state index in [0.717, 1.165) is 23.6 Å². The molecule has 3 nitrogen and oxygen atoms in total. The van der Waals surface area contributed by atoms with Crippen molar-refractivity contribution in [2.75, 3.05) is 4.90 Å². The Kier molecular flexibility index (Phi) is 4.79. The lowest BCUT2D eigenvalue weighted by molar-refractivity contribution is -0.122. The molecule has 3 rings (SSSR count). The highest BCUT2D eigenvalue weighted by Gasteiger charge is 2.42. The van der Waals surface area contributed by atoms with Gasteiger partial charge in [-0.2, -0.15) is 0 Å². The Morgan fingerprint density at radius 3 is 2.62 bits per heavy atom. The molecule has 0 bridgehead atoms. The number of rotatable bonds is 5. The van der Waals surface area contributed by atoms with E-state index < -0.39 is 0 Å². The zero-order valence-electron chi connectivity index (χ0n) is 14.2. The van der Waals surface area contributed by atoms with Crippen molar-refractivity contribution in [3.63, 3.8) is 0 Å². The summed E-state index contributed by atoms with van der Waals surface area (Å²) in [7, 11) is 0. The molecule has 2 aromatic carbocycles. The maximum Gasteiger partial charge on any atom is 0.238 e. The van der Waals surface area contributed by atoms with Crippen molar-refractivity contribution < 1.29 is 9.59 Å². The van der Waals surface area contributed by atoms with E-state index in [4.69, 9.17) is 0 Å². The van der Waals surface area contributed by atoms with E-state index in [1.807, 2.05) is 42.5 Å². The lowest BCUT2D eigenvalue weighted by Crippen LogP contribution is -2.32. The first-order chi connectivity index (χ1) is 11.7. The summed E-state index contributed by atoms with van der Waals surface area (Å²) in [5.74, 6) is -0.278. The Morgan fingerprint density at radius 1 is 1.12 bits per heavy atom. The van der Waals surface area contributed by atoms with Gasteiger partial charge in [0.1, 0.15) is 0 Å². The van der Waals surface area contributed by atoms with Gasteiger partial charge in [0, 0.05) is 11.8 Å². The second-order valence-electron chi connectivity index (χ2n) is 6.28. The van der Waals surface area contributed by atoms with Crippen molar-refractivity contribution in [2.45, 2.75) is 33.1 Å². The summed E-state index contributed by atoms with van der Waals surface area (Å²) in [5, 5.41) is 1.98. The van der Waals surface area contributed by atoms with Crippen molar-refractivity contribution in [3.05, 3.63) is 54.6 Å². The molecule has 2 atom stereocenters. The van der Waals surface area contributed by atoms with Gasteiger partial charge in [0.2, 0.25) is 11.8 Å². The number of fused-ring (bicyclic) bond motifs is 1. The van der Waals surface area contributed by atoms with Crippen LogP contribution in [-0.4, -0.2) is 11.8 Å². The summed E-state index contributed by atoms with van der Waals surface area (Å²) in [5.41, 5.74) is 0.708. The maximum absolute atomic E-state index is 13.0. The molecule has 2 aromatic rings. The van der Waals surface area contributed by atoms with Crippen LogP contribution in [0.1, 0.15) is 33.1 Å². The van der Waals surface area contributed by atoms with Crippen molar-refractivity contribution in [3.8, 4) is 0 Å². The number of amides is 2. The predicted octanol–water partition coefficient (Wildman–Crippen LogP) is 4.71. The van der Waals surface area contributed by atoms with E-state index in [2.05, 4.69) is 26.0 Å². The molecule has 24 heavy (non-hydrogen) atoms. The highest BCUT2D eigenvalue weighted by atomic mass is 16.2. The van der Waals surface area contributed by atoms with Crippen LogP contribution in [0.5, 0.6) is 0 Å². The monoisotopic (exact) mass is 321 g/mol. The standard InChI is InChI=1S/C21H23NO2/c1-3-5-9-15(4-2)18-14-20(23)22(21(18)24)19-13-8-11-16-10-6-7-12-17(16)19/h5-13,15,18H,3-4,14H2,1-2H3/b9-5-/t15?,18-/m1/s1. The van der Waals surface area contributed by atoms with Crippen molar-refractivity contribution in [2.24, 2.45) is 11.8 Å². The number of allylic oxidation sites excluding steroid dienone is 2. The Bertz CT molecular complexity index is 788. The molecule has 124 valence electrons. The highest BCUT2D eigenvalue weighted by molar-refractivity contribution is 6.24. The van der Waals surface area contributed by atoms with Gasteiger partial charge in [-0.3, -0.25) is 9.59 Å². The minimum Gasteiger partial charge on any atom is -0.274 e. The van der Waals surface area contributed by atoms with Gasteiger partial charge in [-0.1, -0.05) is 62.4 Å². The zero-order chi connectivity index (χ0) is 17.1. The Hall–Kier alpha value is -2.42. The number of nitrogens with zero attached hydrogens (tertiary/aromatic N) is 1. The molecule has 0 N–H and O–H groups in total. The van der Waals surface area contributed by atoms with Crippen LogP contribution in [0.2, 0.25) is 0 Å². The van der Waals surface area contributed by atoms with Gasteiger partial charge in [0.05, 0.1) is 11.6 Å². The Balaban J connectivity index is 1.98. The van der Waals surface area contributed by atoms with E-state index in [9.17, 15) is 9.59 Å². The van der Waals surface area contributed by atoms with Crippen LogP contribution in [0, 0.1) is 11.8 Å². The lowest BCUT2D eigenvalue weighted by atomic mass is 9.88. The van der Waals surface area contributed by atoms with Crippen LogP contribution in [0.3, 0.4) is 0 Å². The number of hydrogen-bond acceptors (Lipinski definition) is 2. The summed E-state index contributed by atoms with van der Waals surface area (Å²) >= 11 is 0. The van der Waals surface area contributed by atoms with Gasteiger partial charge in [0.15, 0.2) is 0 Å². The van der Waals surface area contributed by atoms with E-state index in [1.165, 1.54) is 4.90 Å². The smallest absolute Gasteiger partial charge is 0.238 e. The quantitative estimate of drug-likeness (QED) is 0.590. The molecule has 1 fully saturated rings. The third-order valence-corrected chi connectivity index (χ3v) is 4.80. The average Bonchev–Trinajstić information content (AvgIpc) is 2.90. The Morgan fingerprint density at radius 2 is 1.88 bits per heavy atom. The van der Waals surface area contributed by atoms with Gasteiger partial charge in [-0.05, 0) is 30.2 Å². The van der Waals surface area contributed by atoms with Gasteiger partial charge in [0.25, 0.3) is 0 Å². The van der Waals surface area contributed by atoms with Crippen LogP contribution in [-0.2, 0) is 9.59 Å². The third kappa shape index (κ3) is 2.86. The molecule has 1 aliphatic rings. The largest absolute Gasteiger partial charge is 0.274 e. The van der Waals surface area contributed by atoms with Crippen LogP contribution in [0.25, 0.3) is 10.8 Å². The molecule has 3 heteroatoms. The summed E-state index contributed by atoms with van der Waals surface area (Å²) in [6.07, 6.45) is 6.30. The first-order valence-electron chi connectivity index (χ1n) is 8.68. The van der Waals surface area contributed by atoms with E-state index in [1.54, 1.807) is 0 Å². The predicted molar refractivity (Wildman–Crippen MR) is 97.8 cm³/mol. The molecule has 1 heterocycles. The summed E-state index contributed by atoms with van der Waals surface area (Å²) in [6, 6.07) is 13.6. The number of imide groups is 1. The molecule has 1 saturated heterocycles. The van der Waals surface area contributed by atoms with Gasteiger partial charge in [-0.25, -0.2) is 4.90 Å². The maximum atomic E-state index is 13.0. The third-order valence-electron chi connectivity index (χ3n) is 4.80. The summed E-state index contributed by atoms with van der Waals surface area (Å²) in [4.78, 5) is 27.0. The van der Waals surface area contributed by atoms with Crippen molar-refractivity contribution >= 4 is 28.3 Å². The molecule has 0 aliphatic carbocycles. The SMILES string of the molecule is CC/C=C\C(CC)[C@H]1CC(=O)N(c2cccc3ccccc23)C1=O. The second kappa shape index (κ2) is 7.00. The van der Waals surface area contributed by atoms with Crippen LogP contribution in [0.4, 0.5) is 5.69 Å². The molecule has 0 radical (unpaired) electrons. The topological polar surface area (TPSA) is 37.4 Å². The van der Waals surface area contributed by atoms with E-state index >= 15 is 0 Å².